The van der Waals surface area contributed by atoms with E-state index in [1.807, 2.05) is 19.1 Å². The number of methoxy groups -OCH3 is 2. The molecule has 148 valence electrons. The summed E-state index contributed by atoms with van der Waals surface area (Å²) in [7, 11) is 3.12. The normalized spacial score (nSPS) is 16.2. The van der Waals surface area contributed by atoms with E-state index in [-0.39, 0.29) is 18.2 Å². The maximum Gasteiger partial charge on any atom is 0.229 e. The Balaban J connectivity index is 1.74. The number of aryl methyl sites for hydroxylation is 2. The molecule has 0 spiro atoms. The number of carbonyl (C=O) groups excluding carboxylic acids is 2. The minimum atomic E-state index is -0.398. The largest absolute Gasteiger partial charge is 0.493 e. The molecule has 1 saturated heterocycles. The Kier molecular flexibility index (Phi) is 5.87. The van der Waals surface area contributed by atoms with Crippen LogP contribution in [-0.2, 0) is 16.0 Å². The molecule has 0 saturated carbocycles. The first-order chi connectivity index (χ1) is 13.5. The van der Waals surface area contributed by atoms with Crippen LogP contribution in [0.5, 0.6) is 11.5 Å². The Labute approximate surface area is 165 Å². The van der Waals surface area contributed by atoms with Gasteiger partial charge in [-0.2, -0.15) is 0 Å². The molecule has 1 atom stereocenters. The van der Waals surface area contributed by atoms with Crippen LogP contribution in [0.25, 0.3) is 0 Å². The predicted octanol–water partition coefficient (Wildman–Crippen LogP) is 3.57. The van der Waals surface area contributed by atoms with Crippen LogP contribution in [0.15, 0.2) is 36.4 Å². The van der Waals surface area contributed by atoms with Crippen molar-refractivity contribution in [3.05, 3.63) is 47.5 Å². The average Bonchev–Trinajstić information content (AvgIpc) is 3.10. The van der Waals surface area contributed by atoms with Crippen LogP contribution in [-0.4, -0.2) is 32.6 Å². The summed E-state index contributed by atoms with van der Waals surface area (Å²) >= 11 is 0. The van der Waals surface area contributed by atoms with E-state index in [0.717, 1.165) is 23.2 Å². The van der Waals surface area contributed by atoms with Gasteiger partial charge in [-0.1, -0.05) is 19.1 Å². The van der Waals surface area contributed by atoms with E-state index in [4.69, 9.17) is 9.47 Å². The summed E-state index contributed by atoms with van der Waals surface area (Å²) in [4.78, 5) is 26.9. The van der Waals surface area contributed by atoms with Gasteiger partial charge in [-0.3, -0.25) is 9.59 Å². The van der Waals surface area contributed by atoms with Gasteiger partial charge in [0.15, 0.2) is 11.5 Å². The molecule has 28 heavy (non-hydrogen) atoms. The summed E-state index contributed by atoms with van der Waals surface area (Å²) < 4.78 is 10.6. The first-order valence-electron chi connectivity index (χ1n) is 9.39. The highest BCUT2D eigenvalue weighted by Gasteiger charge is 2.35. The molecule has 1 aliphatic heterocycles. The van der Waals surface area contributed by atoms with Crippen LogP contribution in [0.3, 0.4) is 0 Å². The molecule has 3 rings (SSSR count). The van der Waals surface area contributed by atoms with Crippen molar-refractivity contribution >= 4 is 23.2 Å². The Morgan fingerprint density at radius 1 is 1.14 bits per heavy atom. The maximum atomic E-state index is 12.8. The molecule has 1 unspecified atom stereocenters. The summed E-state index contributed by atoms with van der Waals surface area (Å²) in [5, 5.41) is 3.00. The van der Waals surface area contributed by atoms with E-state index in [0.29, 0.717) is 23.7 Å². The van der Waals surface area contributed by atoms with Crippen molar-refractivity contribution < 1.29 is 19.1 Å². The van der Waals surface area contributed by atoms with Gasteiger partial charge in [-0.25, -0.2) is 0 Å². The molecule has 0 radical (unpaired) electrons. The summed E-state index contributed by atoms with van der Waals surface area (Å²) in [5.41, 5.74) is 3.67. The molecule has 0 aromatic heterocycles. The number of rotatable bonds is 6. The van der Waals surface area contributed by atoms with Gasteiger partial charge in [-0.15, -0.1) is 0 Å². The maximum absolute atomic E-state index is 12.8. The van der Waals surface area contributed by atoms with Crippen molar-refractivity contribution in [1.82, 2.24) is 0 Å². The predicted molar refractivity (Wildman–Crippen MR) is 109 cm³/mol. The quantitative estimate of drug-likeness (QED) is 0.829. The number of carbonyl (C=O) groups is 2. The van der Waals surface area contributed by atoms with Crippen LogP contribution in [0, 0.1) is 12.8 Å². The summed E-state index contributed by atoms with van der Waals surface area (Å²) in [6.45, 7) is 4.38. The second-order valence-corrected chi connectivity index (χ2v) is 6.94. The third kappa shape index (κ3) is 3.96. The molecule has 6 heteroatoms. The van der Waals surface area contributed by atoms with Crippen LogP contribution in [0.4, 0.5) is 11.4 Å². The fourth-order valence-corrected chi connectivity index (χ4v) is 3.38. The first-order valence-corrected chi connectivity index (χ1v) is 9.39. The number of ether oxygens (including phenoxy) is 2. The molecule has 6 nitrogen and oxygen atoms in total. The first kappa shape index (κ1) is 19.7. The van der Waals surface area contributed by atoms with Crippen molar-refractivity contribution in [3.63, 3.8) is 0 Å². The number of anilines is 2. The zero-order valence-corrected chi connectivity index (χ0v) is 16.7. The minimum Gasteiger partial charge on any atom is -0.493 e. The minimum absolute atomic E-state index is 0.0774. The Bertz CT molecular complexity index is 894. The molecule has 0 bridgehead atoms. The molecule has 1 aliphatic rings. The summed E-state index contributed by atoms with van der Waals surface area (Å²) in [6, 6.07) is 11.4. The standard InChI is InChI=1S/C22H26N2O4/c1-5-15-7-6-14(2)18(10-15)23-22(26)16-11-21(25)24(13-16)17-8-9-19(27-3)20(12-17)28-4/h6-10,12,16H,5,11,13H2,1-4H3,(H,23,26). The van der Waals surface area contributed by atoms with E-state index in [2.05, 4.69) is 18.3 Å². The lowest BCUT2D eigenvalue weighted by Crippen LogP contribution is -2.28. The fourth-order valence-electron chi connectivity index (χ4n) is 3.38. The van der Waals surface area contributed by atoms with E-state index in [1.54, 1.807) is 37.3 Å². The molecular weight excluding hydrogens is 356 g/mol. The van der Waals surface area contributed by atoms with Gasteiger partial charge in [0.1, 0.15) is 0 Å². The number of benzene rings is 2. The smallest absolute Gasteiger partial charge is 0.229 e. The third-order valence-electron chi connectivity index (χ3n) is 5.14. The van der Waals surface area contributed by atoms with Gasteiger partial charge in [0.25, 0.3) is 0 Å². The molecule has 0 aliphatic carbocycles. The second kappa shape index (κ2) is 8.33. The van der Waals surface area contributed by atoms with Crippen molar-refractivity contribution in [1.29, 1.82) is 0 Å². The zero-order valence-electron chi connectivity index (χ0n) is 16.7. The molecule has 2 aromatic rings. The Hall–Kier alpha value is -3.02. The number of hydrogen-bond donors (Lipinski definition) is 1. The lowest BCUT2D eigenvalue weighted by Gasteiger charge is -2.19. The van der Waals surface area contributed by atoms with Crippen molar-refractivity contribution in [2.24, 2.45) is 5.92 Å². The van der Waals surface area contributed by atoms with Crippen molar-refractivity contribution in [3.8, 4) is 11.5 Å². The van der Waals surface area contributed by atoms with E-state index in [9.17, 15) is 9.59 Å². The van der Waals surface area contributed by atoms with E-state index in [1.165, 1.54) is 0 Å². The summed E-state index contributed by atoms with van der Waals surface area (Å²) in [5.74, 6) is 0.538. The average molecular weight is 382 g/mol. The fraction of sp³-hybridized carbons (Fsp3) is 0.364. The highest BCUT2D eigenvalue weighted by atomic mass is 16.5. The van der Waals surface area contributed by atoms with Gasteiger partial charge in [0.2, 0.25) is 11.8 Å². The van der Waals surface area contributed by atoms with Crippen LogP contribution >= 0.6 is 0 Å². The van der Waals surface area contributed by atoms with Gasteiger partial charge in [0.05, 0.1) is 20.1 Å². The van der Waals surface area contributed by atoms with Crippen molar-refractivity contribution in [2.75, 3.05) is 31.0 Å². The Morgan fingerprint density at radius 2 is 1.89 bits per heavy atom. The Morgan fingerprint density at radius 3 is 2.57 bits per heavy atom. The number of nitrogens with one attached hydrogen (secondary N) is 1. The number of hydrogen-bond acceptors (Lipinski definition) is 4. The van der Waals surface area contributed by atoms with Crippen LogP contribution in [0.1, 0.15) is 24.5 Å². The lowest BCUT2D eigenvalue weighted by atomic mass is 10.1. The van der Waals surface area contributed by atoms with Crippen molar-refractivity contribution in [2.45, 2.75) is 26.7 Å². The van der Waals surface area contributed by atoms with E-state index >= 15 is 0 Å². The number of nitrogens with zero attached hydrogens (tertiary/aromatic N) is 1. The van der Waals surface area contributed by atoms with Crippen LogP contribution < -0.4 is 19.7 Å². The second-order valence-electron chi connectivity index (χ2n) is 6.94. The van der Waals surface area contributed by atoms with Gasteiger partial charge in [-0.05, 0) is 42.7 Å². The van der Waals surface area contributed by atoms with Gasteiger partial charge in [0, 0.05) is 30.4 Å². The molecule has 1 fully saturated rings. The number of amides is 2. The van der Waals surface area contributed by atoms with Gasteiger partial charge < -0.3 is 19.7 Å². The van der Waals surface area contributed by atoms with E-state index < -0.39 is 5.92 Å². The SMILES string of the molecule is CCc1ccc(C)c(NC(=O)C2CC(=O)N(c3ccc(OC)c(OC)c3)C2)c1. The highest BCUT2D eigenvalue weighted by Crippen LogP contribution is 2.34. The topological polar surface area (TPSA) is 67.9 Å². The highest BCUT2D eigenvalue weighted by molar-refractivity contribution is 6.03. The molecular formula is C22H26N2O4. The van der Waals surface area contributed by atoms with Gasteiger partial charge >= 0.3 is 0 Å². The van der Waals surface area contributed by atoms with Crippen LogP contribution in [0.2, 0.25) is 0 Å². The molecule has 1 N–H and O–H groups in total. The molecule has 2 aromatic carbocycles. The molecule has 2 amide bonds. The lowest BCUT2D eigenvalue weighted by molar-refractivity contribution is -0.122. The third-order valence-corrected chi connectivity index (χ3v) is 5.14. The molecule has 1 heterocycles. The monoisotopic (exact) mass is 382 g/mol. The summed E-state index contributed by atoms with van der Waals surface area (Å²) in [6.07, 6.45) is 1.09. The zero-order chi connectivity index (χ0) is 20.3.